The van der Waals surface area contributed by atoms with Crippen molar-refractivity contribution in [3.63, 3.8) is 0 Å². The fourth-order valence-corrected chi connectivity index (χ4v) is 2.73. The Bertz CT molecular complexity index is 421. The number of piperidine rings is 1. The Balaban J connectivity index is 2.83. The summed E-state index contributed by atoms with van der Waals surface area (Å²) in [6.07, 6.45) is 9.30. The van der Waals surface area contributed by atoms with Crippen LogP contribution in [0.3, 0.4) is 0 Å². The van der Waals surface area contributed by atoms with Crippen molar-refractivity contribution in [1.82, 2.24) is 4.90 Å². The average Bonchev–Trinajstić information content (AvgIpc) is 2.41. The zero-order valence-corrected chi connectivity index (χ0v) is 14.8. The number of unbranched alkanes of at least 4 members (excludes halogenated alkanes) is 1. The van der Waals surface area contributed by atoms with Crippen LogP contribution in [0.1, 0.15) is 53.9 Å². The highest BCUT2D eigenvalue weighted by atomic mass is 16.6. The molecular formula is C18H32N2O2. The molecule has 22 heavy (non-hydrogen) atoms. The van der Waals surface area contributed by atoms with Crippen LogP contribution < -0.4 is 5.73 Å². The van der Waals surface area contributed by atoms with E-state index in [9.17, 15) is 4.79 Å². The summed E-state index contributed by atoms with van der Waals surface area (Å²) >= 11 is 0. The predicted octanol–water partition coefficient (Wildman–Crippen LogP) is 3.87. The third-order valence-electron chi connectivity index (χ3n) is 3.63. The van der Waals surface area contributed by atoms with Gasteiger partial charge in [-0.1, -0.05) is 31.6 Å². The molecule has 1 aliphatic heterocycles. The van der Waals surface area contributed by atoms with Crippen LogP contribution in [0.25, 0.3) is 0 Å². The third kappa shape index (κ3) is 6.22. The molecule has 2 N–H and O–H groups in total. The molecule has 1 amide bonds. The molecule has 1 rings (SSSR count). The van der Waals surface area contributed by atoms with Gasteiger partial charge in [0, 0.05) is 25.0 Å². The quantitative estimate of drug-likeness (QED) is 0.802. The van der Waals surface area contributed by atoms with E-state index >= 15 is 0 Å². The van der Waals surface area contributed by atoms with E-state index in [2.05, 4.69) is 25.2 Å². The van der Waals surface area contributed by atoms with Crippen LogP contribution in [0, 0.1) is 5.92 Å². The Kier molecular flexibility index (Phi) is 7.14. The Hall–Kier alpha value is -1.29. The van der Waals surface area contributed by atoms with Gasteiger partial charge in [-0.15, -0.1) is 0 Å². The second-order valence-electron chi connectivity index (χ2n) is 7.07. The second kappa shape index (κ2) is 8.37. The van der Waals surface area contributed by atoms with Crippen LogP contribution in [-0.2, 0) is 4.74 Å². The second-order valence-corrected chi connectivity index (χ2v) is 7.07. The fraction of sp³-hybridized carbons (Fsp3) is 0.722. The number of likely N-dealkylation sites (tertiary alicyclic amines) is 1. The molecule has 1 fully saturated rings. The lowest BCUT2D eigenvalue weighted by Crippen LogP contribution is -2.51. The monoisotopic (exact) mass is 308 g/mol. The van der Waals surface area contributed by atoms with E-state index in [1.165, 1.54) is 5.57 Å². The SMILES string of the molecule is C/C=C\C(=C/CCC)C1CC(N)CN(C(=O)OC(C)(C)C)C1. The molecular weight excluding hydrogens is 276 g/mol. The molecule has 2 unspecified atom stereocenters. The van der Waals surface area contributed by atoms with Gasteiger partial charge in [0.25, 0.3) is 0 Å². The van der Waals surface area contributed by atoms with E-state index in [4.69, 9.17) is 10.5 Å². The fourth-order valence-electron chi connectivity index (χ4n) is 2.73. The van der Waals surface area contributed by atoms with E-state index in [0.29, 0.717) is 19.0 Å². The molecule has 1 heterocycles. The maximum atomic E-state index is 12.3. The molecule has 0 aromatic carbocycles. The topological polar surface area (TPSA) is 55.6 Å². The number of amides is 1. The number of nitrogens with zero attached hydrogens (tertiary/aromatic N) is 1. The molecule has 0 bridgehead atoms. The van der Waals surface area contributed by atoms with Crippen LogP contribution in [-0.4, -0.2) is 35.7 Å². The van der Waals surface area contributed by atoms with Crippen molar-refractivity contribution in [2.75, 3.05) is 13.1 Å². The van der Waals surface area contributed by atoms with E-state index in [1.807, 2.05) is 27.7 Å². The van der Waals surface area contributed by atoms with Crippen molar-refractivity contribution in [2.24, 2.45) is 11.7 Å². The zero-order valence-electron chi connectivity index (χ0n) is 14.8. The third-order valence-corrected chi connectivity index (χ3v) is 3.63. The van der Waals surface area contributed by atoms with Crippen molar-refractivity contribution < 1.29 is 9.53 Å². The maximum absolute atomic E-state index is 12.3. The summed E-state index contributed by atoms with van der Waals surface area (Å²) in [4.78, 5) is 14.1. The van der Waals surface area contributed by atoms with Gasteiger partial charge in [-0.3, -0.25) is 0 Å². The van der Waals surface area contributed by atoms with Gasteiger partial charge in [0.15, 0.2) is 0 Å². The van der Waals surface area contributed by atoms with Gasteiger partial charge in [0.2, 0.25) is 0 Å². The molecule has 2 atom stereocenters. The van der Waals surface area contributed by atoms with E-state index in [0.717, 1.165) is 19.3 Å². The summed E-state index contributed by atoms with van der Waals surface area (Å²) in [7, 11) is 0. The Morgan fingerprint density at radius 1 is 1.36 bits per heavy atom. The molecule has 4 nitrogen and oxygen atoms in total. The van der Waals surface area contributed by atoms with Crippen LogP contribution in [0.15, 0.2) is 23.8 Å². The zero-order chi connectivity index (χ0) is 16.8. The molecule has 0 aliphatic carbocycles. The number of hydrogen-bond acceptors (Lipinski definition) is 3. The highest BCUT2D eigenvalue weighted by Gasteiger charge is 2.31. The Morgan fingerprint density at radius 3 is 2.59 bits per heavy atom. The van der Waals surface area contributed by atoms with Crippen molar-refractivity contribution in [3.8, 4) is 0 Å². The lowest BCUT2D eigenvalue weighted by Gasteiger charge is -2.37. The minimum Gasteiger partial charge on any atom is -0.444 e. The first-order chi connectivity index (χ1) is 10.3. The average molecular weight is 308 g/mol. The van der Waals surface area contributed by atoms with E-state index in [1.54, 1.807) is 4.90 Å². The van der Waals surface area contributed by atoms with Gasteiger partial charge in [-0.05, 0) is 46.1 Å². The van der Waals surface area contributed by atoms with Crippen LogP contribution in [0.2, 0.25) is 0 Å². The highest BCUT2D eigenvalue weighted by Crippen LogP contribution is 2.26. The summed E-state index contributed by atoms with van der Waals surface area (Å²) in [5, 5.41) is 0. The number of ether oxygens (including phenoxy) is 1. The van der Waals surface area contributed by atoms with Gasteiger partial charge < -0.3 is 15.4 Å². The summed E-state index contributed by atoms with van der Waals surface area (Å²) in [6.45, 7) is 11.1. The Morgan fingerprint density at radius 2 is 2.05 bits per heavy atom. The standard InChI is InChI=1S/C18H32N2O2/c1-6-8-10-14(9-7-2)15-11-16(19)13-20(12-15)17(21)22-18(3,4)5/h7,9-10,15-16H,6,8,11-13,19H2,1-5H3/b9-7-,14-10+. The normalized spacial score (nSPS) is 23.9. The summed E-state index contributed by atoms with van der Waals surface area (Å²) in [6, 6.07) is 0.00144. The summed E-state index contributed by atoms with van der Waals surface area (Å²) in [5.74, 6) is 0.291. The van der Waals surface area contributed by atoms with Crippen molar-refractivity contribution in [2.45, 2.75) is 65.5 Å². The van der Waals surface area contributed by atoms with Crippen molar-refractivity contribution in [1.29, 1.82) is 0 Å². The molecule has 0 aromatic heterocycles. The van der Waals surface area contributed by atoms with Crippen LogP contribution >= 0.6 is 0 Å². The largest absolute Gasteiger partial charge is 0.444 e. The van der Waals surface area contributed by atoms with E-state index in [-0.39, 0.29) is 12.1 Å². The van der Waals surface area contributed by atoms with Gasteiger partial charge in [-0.2, -0.15) is 0 Å². The van der Waals surface area contributed by atoms with Gasteiger partial charge in [0.05, 0.1) is 0 Å². The molecule has 4 heteroatoms. The summed E-state index contributed by atoms with van der Waals surface area (Å²) < 4.78 is 5.49. The van der Waals surface area contributed by atoms with E-state index < -0.39 is 5.60 Å². The van der Waals surface area contributed by atoms with Gasteiger partial charge >= 0.3 is 6.09 Å². The van der Waals surface area contributed by atoms with Crippen molar-refractivity contribution in [3.05, 3.63) is 23.8 Å². The first-order valence-electron chi connectivity index (χ1n) is 8.33. The number of hydrogen-bond donors (Lipinski definition) is 1. The van der Waals surface area contributed by atoms with Crippen LogP contribution in [0.5, 0.6) is 0 Å². The molecule has 126 valence electrons. The summed E-state index contributed by atoms with van der Waals surface area (Å²) in [5.41, 5.74) is 6.99. The molecule has 0 radical (unpaired) electrons. The smallest absolute Gasteiger partial charge is 0.410 e. The number of carbonyl (C=O) groups is 1. The predicted molar refractivity (Wildman–Crippen MR) is 91.7 cm³/mol. The van der Waals surface area contributed by atoms with Gasteiger partial charge in [-0.25, -0.2) is 4.79 Å². The maximum Gasteiger partial charge on any atom is 0.410 e. The minimum absolute atomic E-state index is 0.00144. The molecule has 1 aliphatic rings. The molecule has 0 aromatic rings. The van der Waals surface area contributed by atoms with Crippen LogP contribution in [0.4, 0.5) is 4.79 Å². The molecule has 1 saturated heterocycles. The Labute approximate surface area is 135 Å². The lowest BCUT2D eigenvalue weighted by molar-refractivity contribution is 0.0164. The number of allylic oxidation sites excluding steroid dienone is 3. The highest BCUT2D eigenvalue weighted by molar-refractivity contribution is 5.68. The molecule has 0 spiro atoms. The number of carbonyl (C=O) groups excluding carboxylic acids is 1. The number of rotatable bonds is 4. The first-order valence-corrected chi connectivity index (χ1v) is 8.33. The van der Waals surface area contributed by atoms with Crippen molar-refractivity contribution >= 4 is 6.09 Å². The lowest BCUT2D eigenvalue weighted by atomic mass is 9.87. The number of nitrogens with two attached hydrogens (primary N) is 1. The first kappa shape index (κ1) is 18.8. The minimum atomic E-state index is -0.474. The molecule has 0 saturated carbocycles. The van der Waals surface area contributed by atoms with Gasteiger partial charge in [0.1, 0.15) is 5.60 Å².